The van der Waals surface area contributed by atoms with Crippen molar-refractivity contribution in [3.8, 4) is 22.5 Å². The first-order valence-corrected chi connectivity index (χ1v) is 11.8. The summed E-state index contributed by atoms with van der Waals surface area (Å²) in [6.45, 7) is 0.502. The molecule has 0 fully saturated rings. The summed E-state index contributed by atoms with van der Waals surface area (Å²) in [6.07, 6.45) is 4.97. The van der Waals surface area contributed by atoms with Crippen molar-refractivity contribution in [3.05, 3.63) is 97.1 Å². The van der Waals surface area contributed by atoms with E-state index >= 15 is 0 Å². The molecule has 0 aliphatic carbocycles. The SMILES string of the molecule is NS(=O)Nc1cncc(-c2nc(NCc3ccccn3)c3c(-c4ccccc4)cccc3n2)c1. The smallest absolute Gasteiger partial charge is 0.190 e. The minimum absolute atomic E-state index is 0.486. The number of anilines is 2. The summed E-state index contributed by atoms with van der Waals surface area (Å²) in [5, 5.41) is 9.73. The fraction of sp³-hybridized carbons (Fsp3) is 0.0400. The Kier molecular flexibility index (Phi) is 6.19. The highest BCUT2D eigenvalue weighted by Gasteiger charge is 2.15. The standard InChI is InChI=1S/C25H21N7OS/c26-34(33)32-20-13-18(14-27-15-20)24-30-22-11-6-10-21(17-7-2-1-3-8-17)23(22)25(31-24)29-16-19-9-4-5-12-28-19/h1-15,32H,16,26H2,(H,29,30,31). The Morgan fingerprint density at radius 2 is 1.74 bits per heavy atom. The van der Waals surface area contributed by atoms with Gasteiger partial charge < -0.3 is 5.32 Å². The van der Waals surface area contributed by atoms with Crippen molar-refractivity contribution in [2.75, 3.05) is 10.0 Å². The third-order valence-corrected chi connectivity index (χ3v) is 5.62. The van der Waals surface area contributed by atoms with Crippen LogP contribution in [0.5, 0.6) is 0 Å². The molecular formula is C25H21N7OS. The lowest BCUT2D eigenvalue weighted by Gasteiger charge is -2.14. The van der Waals surface area contributed by atoms with Crippen molar-refractivity contribution < 1.29 is 4.21 Å². The topological polar surface area (TPSA) is 119 Å². The van der Waals surface area contributed by atoms with E-state index in [1.165, 1.54) is 0 Å². The Morgan fingerprint density at radius 3 is 2.53 bits per heavy atom. The second-order valence-electron chi connectivity index (χ2n) is 7.50. The summed E-state index contributed by atoms with van der Waals surface area (Å²) < 4.78 is 14.0. The fourth-order valence-electron chi connectivity index (χ4n) is 3.71. The van der Waals surface area contributed by atoms with Crippen LogP contribution in [0.25, 0.3) is 33.4 Å². The highest BCUT2D eigenvalue weighted by Crippen LogP contribution is 2.34. The quantitative estimate of drug-likeness (QED) is 0.328. The number of nitrogens with zero attached hydrogens (tertiary/aromatic N) is 4. The minimum Gasteiger partial charge on any atom is -0.364 e. The second kappa shape index (κ2) is 9.74. The lowest BCUT2D eigenvalue weighted by atomic mass is 10.0. The van der Waals surface area contributed by atoms with E-state index < -0.39 is 11.2 Å². The predicted octanol–water partition coefficient (Wildman–Crippen LogP) is 4.32. The monoisotopic (exact) mass is 467 g/mol. The summed E-state index contributed by atoms with van der Waals surface area (Å²) in [5.41, 5.74) is 4.97. The van der Waals surface area contributed by atoms with Gasteiger partial charge in [-0.05, 0) is 35.4 Å². The molecule has 0 aliphatic rings. The first-order valence-electron chi connectivity index (χ1n) is 10.6. The molecule has 0 aliphatic heterocycles. The van der Waals surface area contributed by atoms with E-state index in [4.69, 9.17) is 15.1 Å². The van der Waals surface area contributed by atoms with Crippen molar-refractivity contribution in [1.29, 1.82) is 0 Å². The van der Waals surface area contributed by atoms with Gasteiger partial charge in [-0.25, -0.2) is 19.3 Å². The number of fused-ring (bicyclic) bond motifs is 1. The third-order valence-electron chi connectivity index (χ3n) is 5.19. The van der Waals surface area contributed by atoms with E-state index in [1.54, 1.807) is 24.7 Å². The average molecular weight is 468 g/mol. The van der Waals surface area contributed by atoms with Gasteiger partial charge in [-0.15, -0.1) is 0 Å². The molecule has 0 bridgehead atoms. The van der Waals surface area contributed by atoms with Gasteiger partial charge in [0.2, 0.25) is 0 Å². The molecule has 0 spiro atoms. The van der Waals surface area contributed by atoms with Gasteiger partial charge in [0.05, 0.1) is 35.0 Å². The van der Waals surface area contributed by atoms with E-state index in [1.807, 2.05) is 48.5 Å². The average Bonchev–Trinajstić information content (AvgIpc) is 2.87. The summed E-state index contributed by atoms with van der Waals surface area (Å²) in [6, 6.07) is 23.7. The molecule has 0 radical (unpaired) electrons. The summed E-state index contributed by atoms with van der Waals surface area (Å²) in [5.74, 6) is 1.17. The number of hydrogen-bond acceptors (Lipinski definition) is 6. The van der Waals surface area contributed by atoms with Gasteiger partial charge in [-0.3, -0.25) is 14.7 Å². The van der Waals surface area contributed by atoms with Gasteiger partial charge in [-0.1, -0.05) is 48.5 Å². The lowest BCUT2D eigenvalue weighted by Crippen LogP contribution is -2.13. The van der Waals surface area contributed by atoms with Crippen molar-refractivity contribution in [2.24, 2.45) is 5.14 Å². The number of pyridine rings is 2. The number of hydrogen-bond donors (Lipinski definition) is 3. The van der Waals surface area contributed by atoms with Crippen LogP contribution in [-0.4, -0.2) is 24.1 Å². The molecule has 9 heteroatoms. The Hall–Kier alpha value is -4.21. The van der Waals surface area contributed by atoms with Crippen LogP contribution in [-0.2, 0) is 17.7 Å². The second-order valence-corrected chi connectivity index (χ2v) is 8.30. The number of nitrogens with one attached hydrogen (secondary N) is 2. The zero-order valence-corrected chi connectivity index (χ0v) is 18.9. The number of nitrogens with two attached hydrogens (primary N) is 1. The van der Waals surface area contributed by atoms with E-state index in [-0.39, 0.29) is 0 Å². The molecule has 0 amide bonds. The van der Waals surface area contributed by atoms with Crippen molar-refractivity contribution in [1.82, 2.24) is 19.9 Å². The Morgan fingerprint density at radius 1 is 0.882 bits per heavy atom. The van der Waals surface area contributed by atoms with Crippen LogP contribution in [0.15, 0.2) is 91.4 Å². The molecule has 8 nitrogen and oxygen atoms in total. The zero-order chi connectivity index (χ0) is 23.3. The Bertz CT molecular complexity index is 1460. The maximum absolute atomic E-state index is 11.4. The molecule has 168 valence electrons. The summed E-state index contributed by atoms with van der Waals surface area (Å²) in [4.78, 5) is 18.3. The molecular weight excluding hydrogens is 446 g/mol. The van der Waals surface area contributed by atoms with Crippen LogP contribution in [0.1, 0.15) is 5.69 Å². The third kappa shape index (κ3) is 4.75. The maximum atomic E-state index is 11.4. The van der Waals surface area contributed by atoms with Crippen LogP contribution in [0.3, 0.4) is 0 Å². The zero-order valence-electron chi connectivity index (χ0n) is 18.1. The summed E-state index contributed by atoms with van der Waals surface area (Å²) in [7, 11) is 0. The Labute approximate surface area is 199 Å². The predicted molar refractivity (Wildman–Crippen MR) is 136 cm³/mol. The van der Waals surface area contributed by atoms with Gasteiger partial charge in [0.1, 0.15) is 5.82 Å². The summed E-state index contributed by atoms with van der Waals surface area (Å²) >= 11 is -1.71. The normalized spacial score (nSPS) is 11.8. The van der Waals surface area contributed by atoms with Crippen molar-refractivity contribution in [2.45, 2.75) is 6.54 Å². The highest BCUT2D eigenvalue weighted by atomic mass is 32.2. The molecule has 0 saturated heterocycles. The van der Waals surface area contributed by atoms with Crippen LogP contribution < -0.4 is 15.2 Å². The molecule has 4 N–H and O–H groups in total. The molecule has 0 saturated carbocycles. The minimum atomic E-state index is -1.71. The first-order chi connectivity index (χ1) is 16.7. The van der Waals surface area contributed by atoms with Crippen molar-refractivity contribution in [3.63, 3.8) is 0 Å². The van der Waals surface area contributed by atoms with Gasteiger partial charge in [-0.2, -0.15) is 0 Å². The number of rotatable bonds is 7. The lowest BCUT2D eigenvalue weighted by molar-refractivity contribution is 0.687. The van der Waals surface area contributed by atoms with E-state index in [2.05, 4.69) is 38.2 Å². The van der Waals surface area contributed by atoms with E-state index in [0.29, 0.717) is 29.4 Å². The Balaban J connectivity index is 1.65. The molecule has 1 unspecified atom stereocenters. The molecule has 2 aromatic carbocycles. The fourth-order valence-corrected chi connectivity index (χ4v) is 4.05. The largest absolute Gasteiger partial charge is 0.364 e. The highest BCUT2D eigenvalue weighted by molar-refractivity contribution is 7.84. The van der Waals surface area contributed by atoms with E-state index in [0.717, 1.165) is 27.7 Å². The molecule has 34 heavy (non-hydrogen) atoms. The van der Waals surface area contributed by atoms with Gasteiger partial charge in [0.25, 0.3) is 0 Å². The number of aromatic nitrogens is 4. The molecule has 5 rings (SSSR count). The molecule has 5 aromatic rings. The van der Waals surface area contributed by atoms with Crippen LogP contribution in [0.4, 0.5) is 11.5 Å². The number of benzene rings is 2. The van der Waals surface area contributed by atoms with E-state index in [9.17, 15) is 4.21 Å². The van der Waals surface area contributed by atoms with Crippen LogP contribution in [0, 0.1) is 0 Å². The molecule has 3 heterocycles. The molecule has 1 atom stereocenters. The van der Waals surface area contributed by atoms with Crippen LogP contribution in [0.2, 0.25) is 0 Å². The van der Waals surface area contributed by atoms with Gasteiger partial charge in [0, 0.05) is 18.0 Å². The maximum Gasteiger partial charge on any atom is 0.190 e. The van der Waals surface area contributed by atoms with Gasteiger partial charge >= 0.3 is 0 Å². The molecule has 3 aromatic heterocycles. The van der Waals surface area contributed by atoms with Crippen molar-refractivity contribution >= 4 is 33.6 Å². The van der Waals surface area contributed by atoms with Crippen LogP contribution >= 0.6 is 0 Å². The van der Waals surface area contributed by atoms with Gasteiger partial charge in [0.15, 0.2) is 17.0 Å². The first kappa shape index (κ1) is 21.6.